The van der Waals surface area contributed by atoms with Crippen LogP contribution in [0.25, 0.3) is 5.69 Å². The van der Waals surface area contributed by atoms with E-state index in [1.807, 2.05) is 55.5 Å². The van der Waals surface area contributed by atoms with Gasteiger partial charge in [0.15, 0.2) is 6.61 Å². The quantitative estimate of drug-likeness (QED) is 0.681. The summed E-state index contributed by atoms with van der Waals surface area (Å²) in [5, 5.41) is 8.30. The molecule has 1 amide bonds. The van der Waals surface area contributed by atoms with E-state index in [4.69, 9.17) is 16.3 Å². The zero-order valence-corrected chi connectivity index (χ0v) is 16.3. The van der Waals surface area contributed by atoms with E-state index in [0.717, 1.165) is 34.0 Å². The van der Waals surface area contributed by atoms with E-state index in [2.05, 4.69) is 10.4 Å². The van der Waals surface area contributed by atoms with E-state index in [1.54, 1.807) is 16.4 Å². The largest absolute Gasteiger partial charge is 0.484 e. The van der Waals surface area contributed by atoms with E-state index in [0.29, 0.717) is 16.6 Å². The van der Waals surface area contributed by atoms with Gasteiger partial charge in [0, 0.05) is 22.1 Å². The summed E-state index contributed by atoms with van der Waals surface area (Å²) in [4.78, 5) is 12.5. The second kappa shape index (κ2) is 7.66. The number of nitrogens with one attached hydrogen (secondary N) is 1. The first-order valence-electron chi connectivity index (χ1n) is 8.54. The Hall–Kier alpha value is -2.44. The topological polar surface area (TPSA) is 56.1 Å². The molecule has 0 radical (unpaired) electrons. The third kappa shape index (κ3) is 3.96. The highest BCUT2D eigenvalue weighted by Gasteiger charge is 2.24. The molecular formula is C20H18ClN3O2S. The van der Waals surface area contributed by atoms with Crippen LogP contribution in [0.3, 0.4) is 0 Å². The average Bonchev–Trinajstić information content (AvgIpc) is 3.25. The van der Waals surface area contributed by atoms with Crippen LogP contribution in [0.15, 0.2) is 48.5 Å². The molecule has 0 aliphatic carbocycles. The molecule has 0 atom stereocenters. The molecule has 0 bridgehead atoms. The van der Waals surface area contributed by atoms with E-state index in [9.17, 15) is 4.79 Å². The minimum Gasteiger partial charge on any atom is -0.484 e. The number of thioether (sulfide) groups is 1. The summed E-state index contributed by atoms with van der Waals surface area (Å²) in [6, 6.07) is 15.0. The summed E-state index contributed by atoms with van der Waals surface area (Å²) in [5.74, 6) is 2.83. The number of rotatable bonds is 5. The van der Waals surface area contributed by atoms with Crippen molar-refractivity contribution in [2.75, 3.05) is 11.9 Å². The maximum absolute atomic E-state index is 12.5. The molecular weight excluding hydrogens is 382 g/mol. The standard InChI is InChI=1S/C20H18ClN3O2S/c1-13-2-8-16(9-3-13)26-10-19(25)22-20-17-11-27-12-18(17)23-24(20)15-6-4-14(21)5-7-15/h2-9H,10-12H2,1H3,(H,22,25). The minimum atomic E-state index is -0.217. The van der Waals surface area contributed by atoms with Gasteiger partial charge in [-0.15, -0.1) is 0 Å². The van der Waals surface area contributed by atoms with Crippen molar-refractivity contribution >= 4 is 35.1 Å². The van der Waals surface area contributed by atoms with Gasteiger partial charge in [-0.1, -0.05) is 29.3 Å². The van der Waals surface area contributed by atoms with Gasteiger partial charge in [0.1, 0.15) is 11.6 Å². The molecule has 27 heavy (non-hydrogen) atoms. The number of benzene rings is 2. The van der Waals surface area contributed by atoms with Crippen molar-refractivity contribution in [1.29, 1.82) is 0 Å². The number of amides is 1. The van der Waals surface area contributed by atoms with Gasteiger partial charge in [-0.2, -0.15) is 16.9 Å². The number of aryl methyl sites for hydroxylation is 1. The molecule has 0 saturated carbocycles. The van der Waals surface area contributed by atoms with Crippen LogP contribution >= 0.6 is 23.4 Å². The minimum absolute atomic E-state index is 0.0588. The van der Waals surface area contributed by atoms with E-state index < -0.39 is 0 Å². The van der Waals surface area contributed by atoms with Crippen molar-refractivity contribution < 1.29 is 9.53 Å². The van der Waals surface area contributed by atoms with Crippen molar-refractivity contribution in [1.82, 2.24) is 9.78 Å². The van der Waals surface area contributed by atoms with Crippen LogP contribution in [0.4, 0.5) is 5.82 Å². The predicted molar refractivity (Wildman–Crippen MR) is 109 cm³/mol. The second-order valence-corrected chi connectivity index (χ2v) is 7.73. The molecule has 0 fully saturated rings. The number of aromatic nitrogens is 2. The summed E-state index contributed by atoms with van der Waals surface area (Å²) < 4.78 is 7.36. The number of halogens is 1. The lowest BCUT2D eigenvalue weighted by atomic mass is 10.2. The fourth-order valence-electron chi connectivity index (χ4n) is 2.86. The fourth-order valence-corrected chi connectivity index (χ4v) is 4.02. The van der Waals surface area contributed by atoms with Crippen LogP contribution in [-0.4, -0.2) is 22.3 Å². The monoisotopic (exact) mass is 399 g/mol. The molecule has 1 N–H and O–H groups in total. The van der Waals surface area contributed by atoms with Crippen LogP contribution < -0.4 is 10.1 Å². The van der Waals surface area contributed by atoms with Crippen molar-refractivity contribution in [3.63, 3.8) is 0 Å². The van der Waals surface area contributed by atoms with Crippen molar-refractivity contribution in [2.24, 2.45) is 0 Å². The van der Waals surface area contributed by atoms with Gasteiger partial charge in [-0.3, -0.25) is 4.79 Å². The van der Waals surface area contributed by atoms with Crippen molar-refractivity contribution in [2.45, 2.75) is 18.4 Å². The van der Waals surface area contributed by atoms with Gasteiger partial charge in [0.05, 0.1) is 11.4 Å². The second-order valence-electron chi connectivity index (χ2n) is 6.30. The lowest BCUT2D eigenvalue weighted by molar-refractivity contribution is -0.118. The van der Waals surface area contributed by atoms with Crippen LogP contribution in [0.1, 0.15) is 16.8 Å². The Kier molecular flexibility index (Phi) is 5.09. The van der Waals surface area contributed by atoms with Gasteiger partial charge in [-0.05, 0) is 43.3 Å². The van der Waals surface area contributed by atoms with Gasteiger partial charge >= 0.3 is 0 Å². The zero-order valence-electron chi connectivity index (χ0n) is 14.7. The number of carbonyl (C=O) groups is 1. The van der Waals surface area contributed by atoms with Crippen molar-refractivity contribution in [3.05, 3.63) is 70.4 Å². The van der Waals surface area contributed by atoms with Crippen molar-refractivity contribution in [3.8, 4) is 11.4 Å². The highest BCUT2D eigenvalue weighted by Crippen LogP contribution is 2.36. The van der Waals surface area contributed by atoms with Crippen LogP contribution in [-0.2, 0) is 16.3 Å². The first-order chi connectivity index (χ1) is 13.1. The number of anilines is 1. The Bertz CT molecular complexity index is 968. The molecule has 2 aromatic carbocycles. The Morgan fingerprint density at radius 1 is 1.19 bits per heavy atom. The van der Waals surface area contributed by atoms with Crippen LogP contribution in [0.2, 0.25) is 5.02 Å². The van der Waals surface area contributed by atoms with Gasteiger partial charge in [0.25, 0.3) is 5.91 Å². The fraction of sp³-hybridized carbons (Fsp3) is 0.200. The Morgan fingerprint density at radius 3 is 2.67 bits per heavy atom. The molecule has 7 heteroatoms. The first-order valence-corrected chi connectivity index (χ1v) is 10.1. The molecule has 2 heterocycles. The number of hydrogen-bond acceptors (Lipinski definition) is 4. The predicted octanol–water partition coefficient (Wildman–Crippen LogP) is 4.60. The van der Waals surface area contributed by atoms with Crippen LogP contribution in [0.5, 0.6) is 5.75 Å². The highest BCUT2D eigenvalue weighted by molar-refractivity contribution is 7.98. The molecule has 1 aromatic heterocycles. The lowest BCUT2D eigenvalue weighted by Gasteiger charge is -2.12. The summed E-state index contributed by atoms with van der Waals surface area (Å²) in [7, 11) is 0. The molecule has 0 unspecified atom stereocenters. The van der Waals surface area contributed by atoms with E-state index in [1.165, 1.54) is 0 Å². The Labute approximate surface area is 166 Å². The lowest BCUT2D eigenvalue weighted by Crippen LogP contribution is -2.22. The molecule has 1 aliphatic rings. The number of carbonyl (C=O) groups excluding carboxylic acids is 1. The SMILES string of the molecule is Cc1ccc(OCC(=O)Nc2c3c(nn2-c2ccc(Cl)cc2)CSC3)cc1. The van der Waals surface area contributed by atoms with Gasteiger partial charge in [0.2, 0.25) is 0 Å². The Morgan fingerprint density at radius 2 is 1.93 bits per heavy atom. The number of nitrogens with zero attached hydrogens (tertiary/aromatic N) is 2. The highest BCUT2D eigenvalue weighted by atomic mass is 35.5. The summed E-state index contributed by atoms with van der Waals surface area (Å²) in [6.07, 6.45) is 0. The van der Waals surface area contributed by atoms with E-state index in [-0.39, 0.29) is 12.5 Å². The average molecular weight is 400 g/mol. The van der Waals surface area contributed by atoms with Crippen LogP contribution in [0, 0.1) is 6.92 Å². The first kappa shape index (κ1) is 17.9. The van der Waals surface area contributed by atoms with E-state index >= 15 is 0 Å². The summed E-state index contributed by atoms with van der Waals surface area (Å²) in [6.45, 7) is 1.95. The summed E-state index contributed by atoms with van der Waals surface area (Å²) >= 11 is 7.78. The molecule has 0 spiro atoms. The summed E-state index contributed by atoms with van der Waals surface area (Å²) in [5.41, 5.74) is 4.07. The molecule has 1 aliphatic heterocycles. The zero-order chi connectivity index (χ0) is 18.8. The Balaban J connectivity index is 1.53. The molecule has 4 rings (SSSR count). The number of hydrogen-bond donors (Lipinski definition) is 1. The van der Waals surface area contributed by atoms with Gasteiger partial charge < -0.3 is 10.1 Å². The smallest absolute Gasteiger partial charge is 0.263 e. The van der Waals surface area contributed by atoms with Gasteiger partial charge in [-0.25, -0.2) is 4.68 Å². The third-order valence-electron chi connectivity index (χ3n) is 4.27. The molecule has 5 nitrogen and oxygen atoms in total. The maximum atomic E-state index is 12.5. The normalized spacial score (nSPS) is 12.7. The third-order valence-corrected chi connectivity index (χ3v) is 5.49. The molecule has 138 valence electrons. The number of ether oxygens (including phenoxy) is 1. The maximum Gasteiger partial charge on any atom is 0.263 e. The molecule has 3 aromatic rings. The molecule has 0 saturated heterocycles. The number of fused-ring (bicyclic) bond motifs is 1.